The maximum Gasteiger partial charge on any atom is 0.438 e. The summed E-state index contributed by atoms with van der Waals surface area (Å²) in [5.41, 5.74) is 0.223. The summed E-state index contributed by atoms with van der Waals surface area (Å²) in [5.74, 6) is -0.344. The van der Waals surface area contributed by atoms with Gasteiger partial charge in [0, 0.05) is 12.1 Å². The lowest BCUT2D eigenvalue weighted by molar-refractivity contribution is -0.187. The van der Waals surface area contributed by atoms with E-state index >= 15 is 0 Å². The van der Waals surface area contributed by atoms with Gasteiger partial charge in [0.1, 0.15) is 30.9 Å². The highest BCUT2D eigenvalue weighted by Crippen LogP contribution is 2.25. The maximum atomic E-state index is 13.5. The average molecular weight is 452 g/mol. The zero-order chi connectivity index (χ0) is 23.9. The molecule has 176 valence electrons. The SMILES string of the molecule is CCOC(=O)CN1CCc2cc(OC/C(=C\F)N(OC(C)(C)C)C(=O)OC)ccc2C1=O. The Hall–Kier alpha value is -3.14. The van der Waals surface area contributed by atoms with Crippen molar-refractivity contribution >= 4 is 18.0 Å². The van der Waals surface area contributed by atoms with Crippen molar-refractivity contribution in [1.29, 1.82) is 0 Å². The van der Waals surface area contributed by atoms with Gasteiger partial charge < -0.3 is 19.1 Å². The Morgan fingerprint density at radius 3 is 2.59 bits per heavy atom. The van der Waals surface area contributed by atoms with E-state index in [0.29, 0.717) is 29.3 Å². The molecule has 0 atom stereocenters. The molecule has 0 spiro atoms. The smallest absolute Gasteiger partial charge is 0.438 e. The standard InChI is InChI=1S/C22H29FN2O7/c1-6-30-19(26)13-24-10-9-15-11-17(7-8-18(15)20(24)27)31-14-16(12-23)25(21(28)29-5)32-22(2,3)4/h7-8,11-12H,6,9-10,13-14H2,1-5H3/b16-12+. The first-order valence-electron chi connectivity index (χ1n) is 10.2. The van der Waals surface area contributed by atoms with Crippen molar-refractivity contribution in [2.24, 2.45) is 0 Å². The quantitative estimate of drug-likeness (QED) is 0.441. The van der Waals surface area contributed by atoms with Gasteiger partial charge in [-0.3, -0.25) is 14.4 Å². The number of hydrogen-bond donors (Lipinski definition) is 0. The fourth-order valence-electron chi connectivity index (χ4n) is 2.98. The van der Waals surface area contributed by atoms with Crippen molar-refractivity contribution < 1.29 is 37.8 Å². The second-order valence-electron chi connectivity index (χ2n) is 7.96. The minimum atomic E-state index is -0.898. The lowest BCUT2D eigenvalue weighted by Gasteiger charge is -2.30. The number of esters is 1. The molecular formula is C22H29FN2O7. The summed E-state index contributed by atoms with van der Waals surface area (Å²) >= 11 is 0. The van der Waals surface area contributed by atoms with Gasteiger partial charge in [-0.1, -0.05) is 0 Å². The Balaban J connectivity index is 2.09. The van der Waals surface area contributed by atoms with E-state index in [1.807, 2.05) is 0 Å². The molecule has 0 aliphatic carbocycles. The zero-order valence-corrected chi connectivity index (χ0v) is 19.0. The van der Waals surface area contributed by atoms with Crippen molar-refractivity contribution in [2.45, 2.75) is 39.7 Å². The van der Waals surface area contributed by atoms with Crippen LogP contribution >= 0.6 is 0 Å². The van der Waals surface area contributed by atoms with Crippen molar-refractivity contribution in [3.8, 4) is 5.75 Å². The Morgan fingerprint density at radius 1 is 1.28 bits per heavy atom. The lowest BCUT2D eigenvalue weighted by atomic mass is 9.98. The first kappa shape index (κ1) is 25.1. The Labute approximate surface area is 186 Å². The molecule has 0 saturated heterocycles. The number of fused-ring (bicyclic) bond motifs is 1. The molecule has 0 N–H and O–H groups in total. The molecule has 2 amide bonds. The second-order valence-corrected chi connectivity index (χ2v) is 7.96. The van der Waals surface area contributed by atoms with Gasteiger partial charge in [-0.15, -0.1) is 0 Å². The van der Waals surface area contributed by atoms with Crippen LogP contribution in [0, 0.1) is 0 Å². The van der Waals surface area contributed by atoms with Crippen LogP contribution in [-0.2, 0) is 25.5 Å². The van der Waals surface area contributed by atoms with E-state index in [9.17, 15) is 18.8 Å². The average Bonchev–Trinajstić information content (AvgIpc) is 2.74. The molecule has 1 aliphatic heterocycles. The Kier molecular flexibility index (Phi) is 8.59. The van der Waals surface area contributed by atoms with Crippen LogP contribution in [0.4, 0.5) is 9.18 Å². The fourth-order valence-corrected chi connectivity index (χ4v) is 2.98. The molecule has 0 fully saturated rings. The highest BCUT2D eigenvalue weighted by atomic mass is 19.1. The van der Waals surface area contributed by atoms with Crippen molar-refractivity contribution in [3.05, 3.63) is 41.4 Å². The molecule has 1 heterocycles. The third-order valence-electron chi connectivity index (χ3n) is 4.35. The molecule has 9 nitrogen and oxygen atoms in total. The molecule has 10 heteroatoms. The number of hydroxylamine groups is 2. The third-order valence-corrected chi connectivity index (χ3v) is 4.35. The Morgan fingerprint density at radius 2 is 2.00 bits per heavy atom. The van der Waals surface area contributed by atoms with Gasteiger partial charge in [0.05, 0.1) is 19.3 Å². The number of carbonyl (C=O) groups excluding carboxylic acids is 3. The maximum absolute atomic E-state index is 13.5. The molecular weight excluding hydrogens is 423 g/mol. The molecule has 0 bridgehead atoms. The summed E-state index contributed by atoms with van der Waals surface area (Å²) in [6, 6.07) is 4.83. The van der Waals surface area contributed by atoms with Gasteiger partial charge >= 0.3 is 12.1 Å². The number of methoxy groups -OCH3 is 1. The van der Waals surface area contributed by atoms with E-state index < -0.39 is 17.7 Å². The minimum Gasteiger partial charge on any atom is -0.487 e. The molecule has 0 unspecified atom stereocenters. The molecule has 0 saturated carbocycles. The van der Waals surface area contributed by atoms with Crippen LogP contribution in [0.1, 0.15) is 43.6 Å². The predicted molar refractivity (Wildman–Crippen MR) is 112 cm³/mol. The Bertz CT molecular complexity index is 880. The van der Waals surface area contributed by atoms with Crippen LogP contribution in [0.2, 0.25) is 0 Å². The summed E-state index contributed by atoms with van der Waals surface area (Å²) < 4.78 is 28.7. The van der Waals surface area contributed by atoms with Crippen molar-refractivity contribution in [3.63, 3.8) is 0 Å². The summed E-state index contributed by atoms with van der Waals surface area (Å²) in [6.45, 7) is 6.99. The van der Waals surface area contributed by atoms with Gasteiger partial charge in [0.2, 0.25) is 0 Å². The van der Waals surface area contributed by atoms with Gasteiger partial charge in [0.25, 0.3) is 5.91 Å². The number of rotatable bonds is 8. The summed E-state index contributed by atoms with van der Waals surface area (Å²) in [4.78, 5) is 43.3. The topological polar surface area (TPSA) is 94.6 Å². The highest BCUT2D eigenvalue weighted by molar-refractivity contribution is 5.98. The predicted octanol–water partition coefficient (Wildman–Crippen LogP) is 3.24. The summed E-state index contributed by atoms with van der Waals surface area (Å²) in [5, 5.41) is 0.704. The fraction of sp³-hybridized carbons (Fsp3) is 0.500. The van der Waals surface area contributed by atoms with E-state index in [0.717, 1.165) is 12.7 Å². The van der Waals surface area contributed by atoms with Crippen LogP contribution < -0.4 is 4.74 Å². The first-order chi connectivity index (χ1) is 15.1. The number of benzene rings is 1. The van der Waals surface area contributed by atoms with Crippen LogP contribution in [-0.4, -0.2) is 66.9 Å². The van der Waals surface area contributed by atoms with Crippen LogP contribution in [0.5, 0.6) is 5.75 Å². The third kappa shape index (κ3) is 6.68. The van der Waals surface area contributed by atoms with Crippen LogP contribution in [0.25, 0.3) is 0 Å². The van der Waals surface area contributed by atoms with E-state index in [2.05, 4.69) is 4.74 Å². The number of carbonyl (C=O) groups is 3. The molecule has 0 radical (unpaired) electrons. The highest BCUT2D eigenvalue weighted by Gasteiger charge is 2.28. The lowest BCUT2D eigenvalue weighted by Crippen LogP contribution is -2.41. The van der Waals surface area contributed by atoms with Gasteiger partial charge in [-0.05, 0) is 57.9 Å². The van der Waals surface area contributed by atoms with E-state index in [1.165, 1.54) is 4.90 Å². The van der Waals surface area contributed by atoms with Crippen molar-refractivity contribution in [1.82, 2.24) is 9.96 Å². The minimum absolute atomic E-state index is 0.105. The van der Waals surface area contributed by atoms with Gasteiger partial charge in [-0.25, -0.2) is 9.18 Å². The van der Waals surface area contributed by atoms with Crippen LogP contribution in [0.3, 0.4) is 0 Å². The normalized spacial score (nSPS) is 14.0. The first-order valence-corrected chi connectivity index (χ1v) is 10.2. The summed E-state index contributed by atoms with van der Waals surface area (Å²) in [7, 11) is 1.16. The van der Waals surface area contributed by atoms with E-state index in [-0.39, 0.29) is 37.7 Å². The van der Waals surface area contributed by atoms with Crippen molar-refractivity contribution in [2.75, 3.05) is 33.4 Å². The number of nitrogens with zero attached hydrogens (tertiary/aromatic N) is 2. The largest absolute Gasteiger partial charge is 0.487 e. The zero-order valence-electron chi connectivity index (χ0n) is 19.0. The summed E-state index contributed by atoms with van der Waals surface area (Å²) in [6.07, 6.45) is -0.173. The molecule has 2 rings (SSSR count). The van der Waals surface area contributed by atoms with E-state index in [4.69, 9.17) is 14.3 Å². The monoisotopic (exact) mass is 452 g/mol. The molecule has 1 aliphatic rings. The molecule has 0 aromatic heterocycles. The number of ether oxygens (including phenoxy) is 3. The van der Waals surface area contributed by atoms with Crippen LogP contribution in [0.15, 0.2) is 30.2 Å². The second kappa shape index (κ2) is 10.9. The molecule has 1 aromatic carbocycles. The number of halogens is 1. The number of hydrogen-bond acceptors (Lipinski definition) is 7. The van der Waals surface area contributed by atoms with Gasteiger partial charge in [0.15, 0.2) is 0 Å². The van der Waals surface area contributed by atoms with E-state index in [1.54, 1.807) is 45.9 Å². The number of amides is 2. The van der Waals surface area contributed by atoms with Gasteiger partial charge in [-0.2, -0.15) is 5.06 Å². The molecule has 1 aromatic rings. The molecule has 32 heavy (non-hydrogen) atoms.